The van der Waals surface area contributed by atoms with E-state index in [1.165, 1.54) is 12.1 Å². The number of phosphoric acid groups is 1. The van der Waals surface area contributed by atoms with Crippen molar-refractivity contribution in [3.63, 3.8) is 0 Å². The van der Waals surface area contributed by atoms with Gasteiger partial charge in [0, 0.05) is 22.7 Å². The van der Waals surface area contributed by atoms with Crippen LogP contribution in [0, 0.1) is 61.7 Å². The fourth-order valence-electron chi connectivity index (χ4n) is 1.77. The van der Waals surface area contributed by atoms with Gasteiger partial charge >= 0.3 is 20.0 Å². The lowest BCUT2D eigenvalue weighted by atomic mass is 10.2. The summed E-state index contributed by atoms with van der Waals surface area (Å²) >= 11 is 52.9. The van der Waals surface area contributed by atoms with Crippen LogP contribution in [0.25, 0.3) is 0 Å². The molecule has 2 rings (SSSR count). The fraction of sp³-hybridized carbons (Fsp3) is 0.231. The highest BCUT2D eigenvalue weighted by Crippen LogP contribution is 2.61. The maximum absolute atomic E-state index is 12.2. The Kier molecular flexibility index (Phi) is 31.9. The summed E-state index contributed by atoms with van der Waals surface area (Å²) in [5.74, 6) is 9.93. The number of rotatable bonds is 10. The zero-order valence-corrected chi connectivity index (χ0v) is 34.7. The minimum Gasteiger partial charge on any atom is -0.384 e. The number of hydrogen-bond acceptors (Lipinski definition) is 11. The van der Waals surface area contributed by atoms with E-state index in [0.29, 0.717) is 10.1 Å². The lowest BCUT2D eigenvalue weighted by molar-refractivity contribution is -0.114. The van der Waals surface area contributed by atoms with Crippen LogP contribution in [0.3, 0.4) is 0 Å². The fourth-order valence-corrected chi connectivity index (χ4v) is 4.75. The van der Waals surface area contributed by atoms with E-state index in [2.05, 4.69) is 77.9 Å². The van der Waals surface area contributed by atoms with E-state index in [0.717, 1.165) is 0 Å². The Morgan fingerprint density at radius 1 is 0.740 bits per heavy atom. The normalized spacial score (nSPS) is 12.0. The summed E-state index contributed by atoms with van der Waals surface area (Å²) in [5, 5.41) is 5.25. The van der Waals surface area contributed by atoms with Gasteiger partial charge in [-0.1, -0.05) is 99.2 Å². The van der Waals surface area contributed by atoms with Crippen molar-refractivity contribution >= 4 is 140 Å². The van der Waals surface area contributed by atoms with Crippen LogP contribution in [-0.2, 0) is 36.6 Å². The molecule has 0 aromatic carbocycles. The predicted molar refractivity (Wildman–Crippen MR) is 203 cm³/mol. The molecule has 1 N–H and O–H groups in total. The molecule has 274 valence electrons. The zero-order valence-electron chi connectivity index (χ0n) is 24.5. The molecule has 24 heteroatoms. The van der Waals surface area contributed by atoms with Crippen LogP contribution < -0.4 is 4.52 Å². The SMILES string of the molecule is C#CCO.C#CCOP(=O)(Cl)OCC#C.C#CCOP(=O)(OCC#C)Oc1nc(Cl)c(Cl)cc1Cl.O=C1CC(Cl)=C(Cl)C=C1Cl.O=P(Cl)(Cl)Cl. The smallest absolute Gasteiger partial charge is 0.384 e. The third kappa shape index (κ3) is 30.9. The number of pyridine rings is 1. The molecule has 0 amide bonds. The number of aliphatic hydroxyl groups excluding tert-OH is 1. The molecule has 0 fully saturated rings. The molecule has 11 nitrogen and oxygen atoms in total. The molecule has 0 saturated heterocycles. The Hall–Kier alpha value is -0.710. The van der Waals surface area contributed by atoms with E-state index in [-0.39, 0.29) is 71.3 Å². The van der Waals surface area contributed by atoms with Crippen LogP contribution in [0.15, 0.2) is 27.2 Å². The van der Waals surface area contributed by atoms with Gasteiger partial charge in [0.15, 0.2) is 10.9 Å². The second kappa shape index (κ2) is 29.7. The molecule has 0 spiro atoms. The first-order valence-electron chi connectivity index (χ1n) is 11.7. The molecular weight excluding hydrogens is 934 g/mol. The van der Waals surface area contributed by atoms with Gasteiger partial charge in [-0.3, -0.25) is 27.5 Å². The minimum atomic E-state index is -4.07. The third-order valence-corrected chi connectivity index (χ3v) is 8.24. The Labute approximate surface area is 338 Å². The standard InChI is InChI=1S/C11H7Cl3NO4P.C6H3Cl3O.C6H6ClO3P.C3H4O.Cl3OP/c1-3-5-17-20(16,18-6-4-2)19-11-9(13)7-8(12)10(14)15-11;7-3-1-5(9)6(10)2-4(3)8;1-3-5-9-11(7,8)10-6-4-2;1-2-3-4;1-5(2,3)4/h1-2,7H,5-6H2;1H,2H2;1-2H,5-6H2;1,4H,3H2;. The van der Waals surface area contributed by atoms with Crippen LogP contribution in [0.4, 0.5) is 0 Å². The van der Waals surface area contributed by atoms with Crippen molar-refractivity contribution in [2.24, 2.45) is 0 Å². The van der Waals surface area contributed by atoms with Crippen LogP contribution in [0.2, 0.25) is 15.2 Å². The number of carbonyl (C=O) groups is 1. The Morgan fingerprint density at radius 2 is 1.14 bits per heavy atom. The van der Waals surface area contributed by atoms with Gasteiger partial charge in [0.05, 0.1) is 15.1 Å². The molecule has 0 bridgehead atoms. The molecule has 1 aromatic heterocycles. The second-order valence-electron chi connectivity index (χ2n) is 7.03. The summed E-state index contributed by atoms with van der Waals surface area (Å²) in [7, 11) is -4.07. The molecule has 0 radical (unpaired) electrons. The van der Waals surface area contributed by atoms with Gasteiger partial charge in [0.1, 0.15) is 38.1 Å². The van der Waals surface area contributed by atoms with Gasteiger partial charge in [-0.15, -0.1) is 32.1 Å². The second-order valence-corrected chi connectivity index (χ2v) is 20.3. The van der Waals surface area contributed by atoms with E-state index in [4.69, 9.17) is 125 Å². The number of ketones is 1. The van der Waals surface area contributed by atoms with Gasteiger partial charge in [-0.25, -0.2) is 9.13 Å². The highest BCUT2D eigenvalue weighted by Gasteiger charge is 2.30. The molecule has 0 unspecified atom stereocenters. The Morgan fingerprint density at radius 3 is 1.50 bits per heavy atom. The lowest BCUT2D eigenvalue weighted by Crippen LogP contribution is -2.05. The average molecular weight is 954 g/mol. The summed E-state index contributed by atoms with van der Waals surface area (Å²) in [5.41, 5.74) is 0. The average Bonchev–Trinajstić information content (AvgIpc) is 3.02. The van der Waals surface area contributed by atoms with Gasteiger partial charge in [0.2, 0.25) is 5.88 Å². The van der Waals surface area contributed by atoms with Crippen LogP contribution >= 0.6 is 135 Å². The number of allylic oxidation sites excluding steroid dienone is 4. The van der Waals surface area contributed by atoms with Gasteiger partial charge < -0.3 is 9.63 Å². The number of aromatic nitrogens is 1. The number of hydrogen-bond donors (Lipinski definition) is 1. The zero-order chi connectivity index (χ0) is 39.6. The largest absolute Gasteiger partial charge is 0.533 e. The molecule has 1 heterocycles. The van der Waals surface area contributed by atoms with Gasteiger partial charge in [-0.2, -0.15) is 4.98 Å². The topological polar surface area (TPSA) is 148 Å². The monoisotopic (exact) mass is 949 g/mol. The maximum Gasteiger partial charge on any atom is 0.533 e. The van der Waals surface area contributed by atoms with E-state index in [9.17, 15) is 18.5 Å². The lowest BCUT2D eigenvalue weighted by Gasteiger charge is -2.16. The van der Waals surface area contributed by atoms with Crippen molar-refractivity contribution in [3.05, 3.63) is 42.4 Å². The maximum atomic E-state index is 12.2. The Bertz CT molecular complexity index is 1650. The number of aliphatic hydroxyl groups is 1. The number of halogens is 10. The highest BCUT2D eigenvalue weighted by atomic mass is 36.0. The van der Waals surface area contributed by atoms with Crippen molar-refractivity contribution in [3.8, 4) is 67.6 Å². The third-order valence-electron chi connectivity index (χ3n) is 3.45. The summed E-state index contributed by atoms with van der Waals surface area (Å²) in [6.07, 6.45) is 25.6. The van der Waals surface area contributed by atoms with Gasteiger partial charge in [0.25, 0.3) is 0 Å². The number of phosphoric ester groups is 1. The van der Waals surface area contributed by atoms with Gasteiger partial charge in [-0.05, 0) is 45.9 Å². The van der Waals surface area contributed by atoms with Crippen molar-refractivity contribution < 1.29 is 46.2 Å². The first-order valence-corrected chi connectivity index (χ1v) is 22.3. The first kappa shape index (κ1) is 53.6. The molecule has 0 atom stereocenters. The summed E-state index contributed by atoms with van der Waals surface area (Å²) in [4.78, 5) is 14.5. The van der Waals surface area contributed by atoms with Crippen molar-refractivity contribution in [1.29, 1.82) is 0 Å². The quantitative estimate of drug-likeness (QED) is 0.136. The number of carbonyl (C=O) groups excluding carboxylic acids is 1. The first-order chi connectivity index (χ1) is 23.1. The van der Waals surface area contributed by atoms with E-state index in [1.807, 2.05) is 5.92 Å². The summed E-state index contributed by atoms with van der Waals surface area (Å²) in [6.45, 7) is -4.65. The Balaban J connectivity index is -0.000000624. The van der Waals surface area contributed by atoms with Crippen molar-refractivity contribution in [2.45, 2.75) is 6.42 Å². The molecule has 1 aromatic rings. The molecule has 0 saturated carbocycles. The number of Topliss-reactive ketones (excluding diaryl/α,β-unsaturated/α-hetero) is 1. The molecule has 1 aliphatic rings. The van der Waals surface area contributed by atoms with Crippen LogP contribution in [0.1, 0.15) is 6.42 Å². The van der Waals surface area contributed by atoms with Crippen LogP contribution in [-0.4, -0.2) is 48.9 Å². The molecule has 1 aliphatic carbocycles. The van der Waals surface area contributed by atoms with E-state index in [1.54, 1.807) is 0 Å². The van der Waals surface area contributed by atoms with E-state index >= 15 is 0 Å². The summed E-state index contributed by atoms with van der Waals surface area (Å²) < 4.78 is 56.1. The molecule has 0 aliphatic heterocycles. The van der Waals surface area contributed by atoms with Crippen LogP contribution in [0.5, 0.6) is 5.88 Å². The summed E-state index contributed by atoms with van der Waals surface area (Å²) in [6, 6.07) is 1.26. The predicted octanol–water partition coefficient (Wildman–Crippen LogP) is 10.7. The van der Waals surface area contributed by atoms with E-state index < -0.39 is 20.0 Å². The highest BCUT2D eigenvalue weighted by molar-refractivity contribution is 8.24. The number of nitrogens with zero attached hydrogens (tertiary/aromatic N) is 1. The van der Waals surface area contributed by atoms with Crippen molar-refractivity contribution in [2.75, 3.05) is 33.0 Å². The molecule has 50 heavy (non-hydrogen) atoms. The van der Waals surface area contributed by atoms with Crippen molar-refractivity contribution in [1.82, 2.24) is 4.98 Å². The number of terminal acetylenes is 5. The molecular formula is C26H20Cl10NO10P3. The minimum absolute atomic E-state index is 0.0340.